The molecule has 0 aliphatic carbocycles. The van der Waals surface area contributed by atoms with E-state index in [1.807, 2.05) is 24.3 Å². The first-order valence-electron chi connectivity index (χ1n) is 8.77. The smallest absolute Gasteiger partial charge is 0.550 e. The Labute approximate surface area is 196 Å². The van der Waals surface area contributed by atoms with Crippen molar-refractivity contribution in [3.05, 3.63) is 70.9 Å². The molecule has 0 unspecified atom stereocenters. The molecule has 2 heterocycles. The summed E-state index contributed by atoms with van der Waals surface area (Å²) in [5, 5.41) is 12.0. The van der Waals surface area contributed by atoms with E-state index >= 15 is 0 Å². The van der Waals surface area contributed by atoms with Crippen LogP contribution < -0.4 is 56.5 Å². The molecule has 3 aromatic rings. The van der Waals surface area contributed by atoms with Gasteiger partial charge in [-0.3, -0.25) is 4.90 Å². The van der Waals surface area contributed by atoms with E-state index in [1.165, 1.54) is 16.8 Å². The zero-order valence-corrected chi connectivity index (χ0v) is 18.2. The number of aliphatic carboxylic acids is 1. The van der Waals surface area contributed by atoms with E-state index in [2.05, 4.69) is 34.1 Å². The van der Waals surface area contributed by atoms with Gasteiger partial charge in [0.05, 0.1) is 0 Å². The van der Waals surface area contributed by atoms with Gasteiger partial charge in [0.15, 0.2) is 0 Å². The van der Waals surface area contributed by atoms with Crippen LogP contribution in [0, 0.1) is 0 Å². The number of carbonyl (C=O) groups excluding carboxylic acids is 1. The van der Waals surface area contributed by atoms with Crippen molar-refractivity contribution < 1.29 is 61.3 Å². The molecule has 128 valence electrons. The fraction of sp³-hybridized carbons (Fsp3) is 0.286. The van der Waals surface area contributed by atoms with Gasteiger partial charge >= 0.3 is 51.4 Å². The van der Waals surface area contributed by atoms with E-state index < -0.39 is 5.97 Å². The molecule has 1 aliphatic rings. The van der Waals surface area contributed by atoms with E-state index in [4.69, 9.17) is 0 Å². The number of aromatic amines is 1. The minimum Gasteiger partial charge on any atom is -0.550 e. The SMILES string of the molecule is O=C([O-])Cc1ccc2[nH]c3c(c2c1)CN(CCc1ccccc1)CC3.[K+]. The van der Waals surface area contributed by atoms with Gasteiger partial charge in [-0.1, -0.05) is 36.4 Å². The summed E-state index contributed by atoms with van der Waals surface area (Å²) in [4.78, 5) is 16.9. The summed E-state index contributed by atoms with van der Waals surface area (Å²) in [5.41, 5.74) is 5.86. The molecule has 0 saturated carbocycles. The van der Waals surface area contributed by atoms with Crippen LogP contribution >= 0.6 is 0 Å². The van der Waals surface area contributed by atoms with Crippen molar-refractivity contribution in [1.82, 2.24) is 9.88 Å². The number of benzene rings is 2. The Kier molecular flexibility index (Phi) is 6.72. The Bertz CT molecular complexity index is 905. The van der Waals surface area contributed by atoms with Gasteiger partial charge in [0.1, 0.15) is 0 Å². The third-order valence-electron chi connectivity index (χ3n) is 5.03. The van der Waals surface area contributed by atoms with Crippen molar-refractivity contribution in [2.45, 2.75) is 25.8 Å². The molecule has 4 rings (SSSR count). The molecule has 0 spiro atoms. The van der Waals surface area contributed by atoms with E-state index in [-0.39, 0.29) is 57.8 Å². The van der Waals surface area contributed by atoms with E-state index in [0.29, 0.717) is 0 Å². The minimum absolute atomic E-state index is 0. The number of hydrogen-bond acceptors (Lipinski definition) is 3. The quantitative estimate of drug-likeness (QED) is 0.589. The van der Waals surface area contributed by atoms with Crippen LogP contribution in [0.1, 0.15) is 22.4 Å². The Hall–Kier alpha value is -0.954. The van der Waals surface area contributed by atoms with Gasteiger partial charge in [0.25, 0.3) is 0 Å². The molecule has 0 radical (unpaired) electrons. The van der Waals surface area contributed by atoms with Crippen LogP contribution in [0.2, 0.25) is 0 Å². The summed E-state index contributed by atoms with van der Waals surface area (Å²) < 4.78 is 0. The summed E-state index contributed by atoms with van der Waals surface area (Å²) in [6, 6.07) is 16.4. The van der Waals surface area contributed by atoms with Crippen LogP contribution in [0.3, 0.4) is 0 Å². The van der Waals surface area contributed by atoms with Gasteiger partial charge in [-0.15, -0.1) is 0 Å². The molecular formula is C21H21KN2O2. The number of fused-ring (bicyclic) bond motifs is 3. The van der Waals surface area contributed by atoms with Gasteiger partial charge in [0.2, 0.25) is 0 Å². The summed E-state index contributed by atoms with van der Waals surface area (Å²) in [5.74, 6) is -1.03. The molecule has 0 saturated heterocycles. The van der Waals surface area contributed by atoms with Crippen LogP contribution in [0.15, 0.2) is 48.5 Å². The molecule has 4 nitrogen and oxygen atoms in total. The normalized spacial score (nSPS) is 14.0. The second-order valence-corrected chi connectivity index (χ2v) is 6.77. The fourth-order valence-corrected chi connectivity index (χ4v) is 3.72. The minimum atomic E-state index is -1.03. The maximum atomic E-state index is 10.9. The van der Waals surface area contributed by atoms with Gasteiger partial charge in [0, 0.05) is 55.0 Å². The van der Waals surface area contributed by atoms with Crippen LogP contribution in [-0.2, 0) is 30.6 Å². The van der Waals surface area contributed by atoms with Crippen molar-refractivity contribution in [2.24, 2.45) is 0 Å². The zero-order chi connectivity index (χ0) is 17.2. The molecule has 1 N–H and O–H groups in total. The number of H-pyrrole nitrogens is 1. The van der Waals surface area contributed by atoms with Gasteiger partial charge in [-0.2, -0.15) is 0 Å². The van der Waals surface area contributed by atoms with Crippen molar-refractivity contribution >= 4 is 16.9 Å². The number of carboxylic acid groups (broad SMARTS) is 1. The van der Waals surface area contributed by atoms with Crippen LogP contribution in [0.5, 0.6) is 0 Å². The maximum absolute atomic E-state index is 10.9. The number of nitrogens with one attached hydrogen (secondary N) is 1. The van der Waals surface area contributed by atoms with Crippen LogP contribution in [0.25, 0.3) is 10.9 Å². The molecule has 2 aromatic carbocycles. The first-order valence-corrected chi connectivity index (χ1v) is 8.77. The Morgan fingerprint density at radius 1 is 1.12 bits per heavy atom. The fourth-order valence-electron chi connectivity index (χ4n) is 3.72. The number of hydrogen-bond donors (Lipinski definition) is 1. The van der Waals surface area contributed by atoms with Crippen LogP contribution in [-0.4, -0.2) is 28.9 Å². The number of rotatable bonds is 5. The molecule has 0 fully saturated rings. The van der Waals surface area contributed by atoms with Gasteiger partial charge < -0.3 is 14.9 Å². The van der Waals surface area contributed by atoms with Crippen molar-refractivity contribution in [3.8, 4) is 0 Å². The molecule has 0 bridgehead atoms. The average Bonchev–Trinajstić information content (AvgIpc) is 2.98. The monoisotopic (exact) mass is 372 g/mol. The van der Waals surface area contributed by atoms with Crippen molar-refractivity contribution in [3.63, 3.8) is 0 Å². The summed E-state index contributed by atoms with van der Waals surface area (Å²) >= 11 is 0. The van der Waals surface area contributed by atoms with E-state index in [0.717, 1.165) is 48.9 Å². The maximum Gasteiger partial charge on any atom is 1.00 e. The first-order chi connectivity index (χ1) is 12.2. The Balaban J connectivity index is 0.00000196. The molecule has 0 atom stereocenters. The van der Waals surface area contributed by atoms with Crippen LogP contribution in [0.4, 0.5) is 0 Å². The summed E-state index contributed by atoms with van der Waals surface area (Å²) in [7, 11) is 0. The Morgan fingerprint density at radius 2 is 1.92 bits per heavy atom. The second kappa shape index (κ2) is 8.82. The average molecular weight is 373 g/mol. The van der Waals surface area contributed by atoms with Gasteiger partial charge in [-0.05, 0) is 35.2 Å². The topological polar surface area (TPSA) is 59.2 Å². The molecule has 0 amide bonds. The number of nitrogens with zero attached hydrogens (tertiary/aromatic N) is 1. The van der Waals surface area contributed by atoms with Crippen molar-refractivity contribution in [1.29, 1.82) is 0 Å². The van der Waals surface area contributed by atoms with Crippen molar-refractivity contribution in [2.75, 3.05) is 13.1 Å². The molecule has 1 aliphatic heterocycles. The van der Waals surface area contributed by atoms with Gasteiger partial charge in [-0.25, -0.2) is 0 Å². The van der Waals surface area contributed by atoms with E-state index in [1.54, 1.807) is 0 Å². The first kappa shape index (κ1) is 19.8. The molecule has 1 aromatic heterocycles. The summed E-state index contributed by atoms with van der Waals surface area (Å²) in [6.07, 6.45) is 2.02. The predicted octanol–water partition coefficient (Wildman–Crippen LogP) is -0.935. The second-order valence-electron chi connectivity index (χ2n) is 6.77. The predicted molar refractivity (Wildman–Crippen MR) is 96.1 cm³/mol. The third kappa shape index (κ3) is 4.47. The standard InChI is InChI=1S/C21H22N2O2.K/c24-21(25)13-16-6-7-19-17(12-16)18-14-23(11-9-20(18)22-19)10-8-15-4-2-1-3-5-15;/h1-7,12,22H,8-11,13-14H2,(H,24,25);/q;+1/p-1. The number of carboxylic acids is 1. The number of carbonyl (C=O) groups is 1. The molecule has 5 heteroatoms. The van der Waals surface area contributed by atoms with E-state index in [9.17, 15) is 9.90 Å². The Morgan fingerprint density at radius 3 is 2.69 bits per heavy atom. The summed E-state index contributed by atoms with van der Waals surface area (Å²) in [6.45, 7) is 3.00. The molecular weight excluding hydrogens is 351 g/mol. The third-order valence-corrected chi connectivity index (χ3v) is 5.03. The molecule has 26 heavy (non-hydrogen) atoms. The zero-order valence-electron chi connectivity index (χ0n) is 15.1. The number of aromatic nitrogens is 1. The largest absolute Gasteiger partial charge is 1.00 e.